The van der Waals surface area contributed by atoms with Crippen LogP contribution in [0.3, 0.4) is 0 Å². The standard InChI is InChI=1S/C13H20N2O2S/c1-15(2)18(16,17)14-9-8-11-6-7-12-4-3-5-13(12)10-11/h6-7,10,14H,3-5,8-9H2,1-2H3. The molecule has 0 spiro atoms. The van der Waals surface area contributed by atoms with Crippen LogP contribution in [0.15, 0.2) is 18.2 Å². The summed E-state index contributed by atoms with van der Waals surface area (Å²) in [5.41, 5.74) is 4.09. The maximum Gasteiger partial charge on any atom is 0.278 e. The van der Waals surface area contributed by atoms with Gasteiger partial charge in [0.15, 0.2) is 0 Å². The minimum Gasteiger partial charge on any atom is -0.202 e. The minimum atomic E-state index is -3.30. The summed E-state index contributed by atoms with van der Waals surface area (Å²) in [5.74, 6) is 0. The number of nitrogens with zero attached hydrogens (tertiary/aromatic N) is 1. The summed E-state index contributed by atoms with van der Waals surface area (Å²) in [4.78, 5) is 0. The Kier molecular flexibility index (Phi) is 4.04. The molecule has 0 bridgehead atoms. The van der Waals surface area contributed by atoms with E-state index in [9.17, 15) is 8.42 Å². The Labute approximate surface area is 109 Å². The fourth-order valence-corrected chi connectivity index (χ4v) is 2.85. The molecule has 1 aliphatic rings. The first kappa shape index (κ1) is 13.5. The van der Waals surface area contributed by atoms with Crippen molar-refractivity contribution >= 4 is 10.2 Å². The van der Waals surface area contributed by atoms with Crippen molar-refractivity contribution < 1.29 is 8.42 Å². The fourth-order valence-electron chi connectivity index (χ4n) is 2.23. The Morgan fingerprint density at radius 2 is 1.94 bits per heavy atom. The van der Waals surface area contributed by atoms with E-state index in [1.165, 1.54) is 47.9 Å². The van der Waals surface area contributed by atoms with Crippen LogP contribution in [-0.4, -0.2) is 33.4 Å². The third-order valence-corrected chi connectivity index (χ3v) is 4.87. The van der Waals surface area contributed by atoms with Crippen LogP contribution in [-0.2, 0) is 29.5 Å². The Balaban J connectivity index is 1.92. The van der Waals surface area contributed by atoms with Crippen LogP contribution in [0.25, 0.3) is 0 Å². The van der Waals surface area contributed by atoms with E-state index in [0.717, 1.165) is 12.8 Å². The molecule has 0 saturated carbocycles. The lowest BCUT2D eigenvalue weighted by atomic mass is 10.0. The highest BCUT2D eigenvalue weighted by atomic mass is 32.2. The zero-order valence-corrected chi connectivity index (χ0v) is 11.8. The van der Waals surface area contributed by atoms with Crippen LogP contribution >= 0.6 is 0 Å². The van der Waals surface area contributed by atoms with Crippen molar-refractivity contribution in [2.45, 2.75) is 25.7 Å². The van der Waals surface area contributed by atoms with Crippen LogP contribution in [0.1, 0.15) is 23.1 Å². The number of fused-ring (bicyclic) bond motifs is 1. The van der Waals surface area contributed by atoms with Gasteiger partial charge >= 0.3 is 0 Å². The topological polar surface area (TPSA) is 49.4 Å². The maximum atomic E-state index is 11.5. The lowest BCUT2D eigenvalue weighted by molar-refractivity contribution is 0.506. The van der Waals surface area contributed by atoms with E-state index >= 15 is 0 Å². The summed E-state index contributed by atoms with van der Waals surface area (Å²) < 4.78 is 26.8. The van der Waals surface area contributed by atoms with Crippen LogP contribution in [0.5, 0.6) is 0 Å². The van der Waals surface area contributed by atoms with Crippen molar-refractivity contribution in [2.75, 3.05) is 20.6 Å². The predicted octanol–water partition coefficient (Wildman–Crippen LogP) is 1.11. The quantitative estimate of drug-likeness (QED) is 0.870. The van der Waals surface area contributed by atoms with E-state index < -0.39 is 10.2 Å². The molecule has 0 atom stereocenters. The van der Waals surface area contributed by atoms with Crippen molar-refractivity contribution in [3.8, 4) is 0 Å². The van der Waals surface area contributed by atoms with E-state index in [0.29, 0.717) is 6.54 Å². The fraction of sp³-hybridized carbons (Fsp3) is 0.538. The molecule has 0 aromatic heterocycles. The molecule has 1 aromatic carbocycles. The second-order valence-corrected chi connectivity index (χ2v) is 6.86. The lowest BCUT2D eigenvalue weighted by Crippen LogP contribution is -2.36. The molecule has 18 heavy (non-hydrogen) atoms. The largest absolute Gasteiger partial charge is 0.278 e. The first-order chi connectivity index (χ1) is 8.49. The third kappa shape index (κ3) is 3.10. The monoisotopic (exact) mass is 268 g/mol. The number of hydrogen-bond donors (Lipinski definition) is 1. The average Bonchev–Trinajstić information content (AvgIpc) is 2.75. The summed E-state index contributed by atoms with van der Waals surface area (Å²) in [7, 11) is -0.245. The van der Waals surface area contributed by atoms with Gasteiger partial charge in [-0.1, -0.05) is 18.2 Å². The van der Waals surface area contributed by atoms with Gasteiger partial charge in [0.25, 0.3) is 10.2 Å². The highest BCUT2D eigenvalue weighted by molar-refractivity contribution is 7.87. The van der Waals surface area contributed by atoms with Crippen molar-refractivity contribution in [2.24, 2.45) is 0 Å². The summed E-state index contributed by atoms with van der Waals surface area (Å²) in [6.45, 7) is 0.444. The smallest absolute Gasteiger partial charge is 0.202 e. The maximum absolute atomic E-state index is 11.5. The van der Waals surface area contributed by atoms with E-state index in [1.54, 1.807) is 0 Å². The molecule has 0 saturated heterocycles. The SMILES string of the molecule is CN(C)S(=O)(=O)NCCc1ccc2c(c1)CCC2. The summed E-state index contributed by atoms with van der Waals surface area (Å²) in [6, 6.07) is 6.50. The molecule has 2 rings (SSSR count). The lowest BCUT2D eigenvalue weighted by Gasteiger charge is -2.12. The van der Waals surface area contributed by atoms with Gasteiger partial charge in [0.2, 0.25) is 0 Å². The number of rotatable bonds is 5. The van der Waals surface area contributed by atoms with Gasteiger partial charge in [-0.2, -0.15) is 12.7 Å². The van der Waals surface area contributed by atoms with E-state index in [-0.39, 0.29) is 0 Å². The van der Waals surface area contributed by atoms with Crippen molar-refractivity contribution in [1.82, 2.24) is 9.03 Å². The highest BCUT2D eigenvalue weighted by Gasteiger charge is 2.13. The highest BCUT2D eigenvalue weighted by Crippen LogP contribution is 2.22. The zero-order valence-electron chi connectivity index (χ0n) is 10.9. The predicted molar refractivity (Wildman–Crippen MR) is 72.8 cm³/mol. The molecule has 0 radical (unpaired) electrons. The first-order valence-corrected chi connectivity index (χ1v) is 7.71. The van der Waals surface area contributed by atoms with Gasteiger partial charge in [-0.15, -0.1) is 0 Å². The molecule has 0 aliphatic heterocycles. The molecule has 1 aliphatic carbocycles. The second-order valence-electron chi connectivity index (χ2n) is 4.89. The van der Waals surface area contributed by atoms with Crippen molar-refractivity contribution in [3.05, 3.63) is 34.9 Å². The molecular formula is C13H20N2O2S. The summed E-state index contributed by atoms with van der Waals surface area (Å²) in [6.07, 6.45) is 4.32. The van der Waals surface area contributed by atoms with Crippen LogP contribution in [0.2, 0.25) is 0 Å². The van der Waals surface area contributed by atoms with Gasteiger partial charge in [0.05, 0.1) is 0 Å². The van der Waals surface area contributed by atoms with Crippen molar-refractivity contribution in [3.63, 3.8) is 0 Å². The number of aryl methyl sites for hydroxylation is 2. The molecular weight excluding hydrogens is 248 g/mol. The molecule has 0 unspecified atom stereocenters. The molecule has 0 heterocycles. The molecule has 100 valence electrons. The Morgan fingerprint density at radius 1 is 1.22 bits per heavy atom. The summed E-state index contributed by atoms with van der Waals surface area (Å²) in [5, 5.41) is 0. The van der Waals surface area contributed by atoms with E-state index in [2.05, 4.69) is 22.9 Å². The first-order valence-electron chi connectivity index (χ1n) is 6.27. The van der Waals surface area contributed by atoms with Crippen molar-refractivity contribution in [1.29, 1.82) is 0 Å². The van der Waals surface area contributed by atoms with Gasteiger partial charge in [-0.05, 0) is 42.4 Å². The minimum absolute atomic E-state index is 0.444. The van der Waals surface area contributed by atoms with Gasteiger partial charge in [-0.25, -0.2) is 4.72 Å². The molecule has 1 N–H and O–H groups in total. The molecule has 1 aromatic rings. The average molecular weight is 268 g/mol. The van der Waals surface area contributed by atoms with Gasteiger partial charge in [-0.3, -0.25) is 0 Å². The number of hydrogen-bond acceptors (Lipinski definition) is 2. The van der Waals surface area contributed by atoms with E-state index in [4.69, 9.17) is 0 Å². The molecule has 0 amide bonds. The van der Waals surface area contributed by atoms with Gasteiger partial charge in [0.1, 0.15) is 0 Å². The Bertz CT molecular complexity index is 524. The van der Waals surface area contributed by atoms with Gasteiger partial charge < -0.3 is 0 Å². The number of benzene rings is 1. The second kappa shape index (κ2) is 5.38. The third-order valence-electron chi connectivity index (χ3n) is 3.34. The van der Waals surface area contributed by atoms with Crippen LogP contribution in [0.4, 0.5) is 0 Å². The Hall–Kier alpha value is -0.910. The zero-order chi connectivity index (χ0) is 13.2. The van der Waals surface area contributed by atoms with Crippen LogP contribution < -0.4 is 4.72 Å². The summed E-state index contributed by atoms with van der Waals surface area (Å²) >= 11 is 0. The van der Waals surface area contributed by atoms with Gasteiger partial charge in [0, 0.05) is 20.6 Å². The normalized spacial score (nSPS) is 15.1. The van der Waals surface area contributed by atoms with E-state index in [1.807, 2.05) is 0 Å². The molecule has 4 nitrogen and oxygen atoms in total. The molecule has 5 heteroatoms. The Morgan fingerprint density at radius 3 is 2.67 bits per heavy atom. The number of nitrogens with one attached hydrogen (secondary N) is 1. The molecule has 0 fully saturated rings. The van der Waals surface area contributed by atoms with Crippen LogP contribution in [0, 0.1) is 0 Å².